The minimum absolute atomic E-state index is 0.0289. The summed E-state index contributed by atoms with van der Waals surface area (Å²) in [6.45, 7) is 15.2. The van der Waals surface area contributed by atoms with E-state index in [-0.39, 0.29) is 24.9 Å². The van der Waals surface area contributed by atoms with E-state index >= 15 is 0 Å². The summed E-state index contributed by atoms with van der Waals surface area (Å²) in [7, 11) is 1.00. The first kappa shape index (κ1) is 34.0. The van der Waals surface area contributed by atoms with Gasteiger partial charge in [-0.15, -0.1) is 0 Å². The maximum atomic E-state index is 9.31. The zero-order valence-electron chi connectivity index (χ0n) is 21.4. The maximum Gasteiger partial charge on any atom is 0.0319 e. The van der Waals surface area contributed by atoms with Crippen LogP contribution >= 0.6 is 0 Å². The average molecular weight is 665 g/mol. The Kier molecular flexibility index (Phi) is 18.8. The van der Waals surface area contributed by atoms with Gasteiger partial charge < -0.3 is 15.3 Å². The van der Waals surface area contributed by atoms with Crippen molar-refractivity contribution in [2.75, 3.05) is 23.4 Å². The van der Waals surface area contributed by atoms with Gasteiger partial charge in [0.05, 0.1) is 0 Å². The molecular formula is C21H42N5O6Tl. The Balaban J connectivity index is 0. The molecule has 3 unspecified atom stereocenters. The van der Waals surface area contributed by atoms with Crippen molar-refractivity contribution in [2.45, 2.75) is 79.9 Å². The molecule has 190 valence electrons. The van der Waals surface area contributed by atoms with Crippen LogP contribution in [-0.2, 0) is 4.74 Å². The molecule has 11 nitrogen and oxygen atoms in total. The zero-order valence-corrected chi connectivity index (χ0v) is 25.9. The van der Waals surface area contributed by atoms with Gasteiger partial charge in [-0.25, -0.2) is 0 Å². The fourth-order valence-electron chi connectivity index (χ4n) is 2.75. The third-order valence-corrected chi connectivity index (χ3v) is 4.73. The SMILES string of the molecule is CC.CC.CC(C)(O)O.CCOc1nc([NH][Tl])nc2c1ncn2C1OC(CO)CC1C.CO. The molecule has 0 amide bonds. The fourth-order valence-corrected chi connectivity index (χ4v) is 3.26. The molecule has 0 radical (unpaired) electrons. The molecule has 2 aromatic heterocycles. The Bertz CT molecular complexity index is 751. The number of rotatable bonds is 5. The van der Waals surface area contributed by atoms with Crippen LogP contribution in [0.5, 0.6) is 5.88 Å². The predicted octanol–water partition coefficient (Wildman–Crippen LogP) is 2.00. The van der Waals surface area contributed by atoms with Crippen LogP contribution in [0.4, 0.5) is 5.95 Å². The maximum absolute atomic E-state index is 9.31. The molecule has 1 aliphatic heterocycles. The normalized spacial score (nSPS) is 18.8. The van der Waals surface area contributed by atoms with E-state index < -0.39 is 5.79 Å². The number of aromatic nitrogens is 4. The molecule has 33 heavy (non-hydrogen) atoms. The minimum atomic E-state index is -1.50. The first-order valence-electron chi connectivity index (χ1n) is 11.2. The molecule has 5 N–H and O–H groups in total. The van der Waals surface area contributed by atoms with Crippen LogP contribution in [0.3, 0.4) is 0 Å². The van der Waals surface area contributed by atoms with Gasteiger partial charge in [-0.2, -0.15) is 0 Å². The van der Waals surface area contributed by atoms with E-state index in [1.165, 1.54) is 13.8 Å². The van der Waals surface area contributed by atoms with E-state index in [2.05, 4.69) is 25.0 Å². The molecule has 0 spiro atoms. The van der Waals surface area contributed by atoms with Crippen molar-refractivity contribution in [2.24, 2.45) is 5.92 Å². The van der Waals surface area contributed by atoms with Crippen LogP contribution < -0.4 is 7.86 Å². The molecule has 1 fully saturated rings. The number of aliphatic hydroxyl groups excluding tert-OH is 2. The van der Waals surface area contributed by atoms with Gasteiger partial charge in [-0.3, -0.25) is 0 Å². The molecule has 3 heterocycles. The first-order chi connectivity index (χ1) is 15.7. The van der Waals surface area contributed by atoms with Gasteiger partial charge in [-0.05, 0) is 13.8 Å². The van der Waals surface area contributed by atoms with Gasteiger partial charge in [-0.1, -0.05) is 27.7 Å². The summed E-state index contributed by atoms with van der Waals surface area (Å²) < 4.78 is 16.5. The topological polar surface area (TPSA) is 155 Å². The second-order valence-corrected chi connectivity index (χ2v) is 7.91. The molecule has 0 bridgehead atoms. The van der Waals surface area contributed by atoms with Crippen molar-refractivity contribution < 1.29 is 29.9 Å². The number of nitrogens with zero attached hydrogens (tertiary/aromatic N) is 4. The molecule has 2 aromatic rings. The summed E-state index contributed by atoms with van der Waals surface area (Å²) in [6, 6.07) is 0. The van der Waals surface area contributed by atoms with E-state index in [1.807, 2.05) is 39.2 Å². The number of aliphatic hydroxyl groups is 4. The van der Waals surface area contributed by atoms with Gasteiger partial charge in [0.15, 0.2) is 5.79 Å². The van der Waals surface area contributed by atoms with E-state index in [0.717, 1.165) is 13.5 Å². The van der Waals surface area contributed by atoms with Crippen LogP contribution in [0.1, 0.15) is 68.0 Å². The van der Waals surface area contributed by atoms with Crippen LogP contribution in [-0.4, -0.2) is 98.2 Å². The van der Waals surface area contributed by atoms with Gasteiger partial charge in [0, 0.05) is 7.11 Å². The number of hydrogen-bond acceptors (Lipinski definition) is 10. The quantitative estimate of drug-likeness (QED) is 0.237. The second kappa shape index (κ2) is 18.2. The summed E-state index contributed by atoms with van der Waals surface area (Å²) in [5.41, 5.74) is 1.33. The van der Waals surface area contributed by atoms with Crippen molar-refractivity contribution in [3.05, 3.63) is 6.33 Å². The molecule has 0 saturated carbocycles. The largest absolute Gasteiger partial charge is 0.400 e. The number of hydrogen-bond donors (Lipinski definition) is 5. The van der Waals surface area contributed by atoms with E-state index in [4.69, 9.17) is 24.8 Å². The molecule has 0 aromatic carbocycles. The standard InChI is InChI=1S/C13H18N5O3.C3H8O2.2C2H6.CH4O.Tl/c1-3-20-11-9-10(16-13(14)17-11)18(6-15-9)12-7(2)4-8(5-19)21-12;1-3(2,4)5;3*1-2;/h6-8,12,19H,3-5H2,1-2H3,(H-,14,16,17);4-5H,1-2H3;2*1-2H3;2H,1H3;/q-1;;;;;+1. The van der Waals surface area contributed by atoms with Gasteiger partial charge >= 0.3 is 144 Å². The Labute approximate surface area is 213 Å². The van der Waals surface area contributed by atoms with Crippen molar-refractivity contribution in [1.29, 1.82) is 0 Å². The number of anilines is 1. The molecule has 0 aliphatic carbocycles. The van der Waals surface area contributed by atoms with Gasteiger partial charge in [0.2, 0.25) is 0 Å². The Morgan fingerprint density at radius 3 is 2.18 bits per heavy atom. The third-order valence-electron chi connectivity index (χ3n) is 3.73. The van der Waals surface area contributed by atoms with Crippen LogP contribution in [0.25, 0.3) is 11.2 Å². The molecule has 1 aliphatic rings. The number of imidazole rings is 1. The monoisotopic (exact) mass is 665 g/mol. The molecule has 3 rings (SSSR count). The van der Waals surface area contributed by atoms with Crippen molar-refractivity contribution in [1.82, 2.24) is 19.5 Å². The molecule has 12 heteroatoms. The van der Waals surface area contributed by atoms with Gasteiger partial charge in [0.25, 0.3) is 0 Å². The van der Waals surface area contributed by atoms with Crippen molar-refractivity contribution in [3.8, 4) is 5.88 Å². The van der Waals surface area contributed by atoms with Gasteiger partial charge in [0.1, 0.15) is 0 Å². The molecule has 1 saturated heterocycles. The summed E-state index contributed by atoms with van der Waals surface area (Å²) in [6.07, 6.45) is 2.21. The summed E-state index contributed by atoms with van der Waals surface area (Å²) in [5, 5.41) is 32.5. The Morgan fingerprint density at radius 1 is 1.21 bits per heavy atom. The average Bonchev–Trinajstić information content (AvgIpc) is 3.39. The van der Waals surface area contributed by atoms with Crippen LogP contribution in [0.2, 0.25) is 0 Å². The van der Waals surface area contributed by atoms with E-state index in [0.29, 0.717) is 55.7 Å². The predicted molar refractivity (Wildman–Crippen MR) is 130 cm³/mol. The smallest absolute Gasteiger partial charge is 0.0319 e. The fraction of sp³-hybridized carbons (Fsp3) is 0.762. The van der Waals surface area contributed by atoms with Crippen molar-refractivity contribution in [3.63, 3.8) is 0 Å². The summed E-state index contributed by atoms with van der Waals surface area (Å²) in [5.74, 6) is -0.194. The first-order valence-corrected chi connectivity index (χ1v) is 13.4. The molecular weight excluding hydrogens is 623 g/mol. The number of ether oxygens (including phenoxy) is 2. The minimum Gasteiger partial charge on any atom is -0.400 e. The number of nitrogens with one attached hydrogen (secondary N) is 1. The molecule has 3 atom stereocenters. The summed E-state index contributed by atoms with van der Waals surface area (Å²) in [4.78, 5) is 13.3. The van der Waals surface area contributed by atoms with Crippen molar-refractivity contribution >= 4 is 43.2 Å². The summed E-state index contributed by atoms with van der Waals surface area (Å²) >= 11 is 0.536. The third kappa shape index (κ3) is 11.7. The Morgan fingerprint density at radius 2 is 1.76 bits per heavy atom. The van der Waals surface area contributed by atoms with E-state index in [9.17, 15) is 5.11 Å². The number of fused-ring (bicyclic) bond motifs is 1. The van der Waals surface area contributed by atoms with Crippen LogP contribution in [0.15, 0.2) is 6.33 Å². The zero-order chi connectivity index (χ0) is 26.2. The van der Waals surface area contributed by atoms with Crippen LogP contribution in [0, 0.1) is 5.92 Å². The van der Waals surface area contributed by atoms with E-state index in [1.54, 1.807) is 6.33 Å². The Hall–Kier alpha value is -1.13. The second-order valence-electron chi connectivity index (χ2n) is 6.79.